The number of rotatable bonds is 0. The van der Waals surface area contributed by atoms with Gasteiger partial charge in [0, 0.05) is 76.0 Å². The summed E-state index contributed by atoms with van der Waals surface area (Å²) in [7, 11) is 0. The molecule has 49 heavy (non-hydrogen) atoms. The number of aryl methyl sites for hydroxylation is 2. The molecule has 2 aromatic heterocycles. The van der Waals surface area contributed by atoms with Gasteiger partial charge in [-0.2, -0.15) is 0 Å². The van der Waals surface area contributed by atoms with Gasteiger partial charge in [-0.15, -0.1) is 22.7 Å². The summed E-state index contributed by atoms with van der Waals surface area (Å²) in [6.07, 6.45) is 0. The third-order valence-corrected chi connectivity index (χ3v) is 10.5. The maximum Gasteiger partial charge on any atom is 0.258 e. The zero-order valence-corrected chi connectivity index (χ0v) is 29.9. The number of fused-ring (bicyclic) bond motifs is 4. The van der Waals surface area contributed by atoms with Crippen molar-refractivity contribution in [3.8, 4) is 0 Å². The average Bonchev–Trinajstić information content (AvgIpc) is 3.58. The summed E-state index contributed by atoms with van der Waals surface area (Å²) >= 11 is 3.36. The number of amides is 3. The number of carbonyl (C=O) groups excluding carboxylic acids is 3. The van der Waals surface area contributed by atoms with Crippen molar-refractivity contribution in [2.24, 2.45) is 4.99 Å². The van der Waals surface area contributed by atoms with E-state index in [4.69, 9.17) is 4.99 Å². The second-order valence-electron chi connectivity index (χ2n) is 12.2. The summed E-state index contributed by atoms with van der Waals surface area (Å²) in [5.41, 5.74) is 5.65. The molecule has 0 spiro atoms. The number of thiophene rings is 2. The molecule has 4 aliphatic heterocycles. The third kappa shape index (κ3) is 8.12. The molecule has 2 fully saturated rings. The van der Waals surface area contributed by atoms with Gasteiger partial charge in [0.2, 0.25) is 11.8 Å². The van der Waals surface area contributed by atoms with Crippen LogP contribution in [0.5, 0.6) is 0 Å². The predicted molar refractivity (Wildman–Crippen MR) is 201 cm³/mol. The van der Waals surface area contributed by atoms with E-state index in [2.05, 4.69) is 45.2 Å². The van der Waals surface area contributed by atoms with Crippen molar-refractivity contribution >= 4 is 79.0 Å². The molecule has 0 atom stereocenters. The summed E-state index contributed by atoms with van der Waals surface area (Å²) in [4.78, 5) is 47.6. The molecule has 11 nitrogen and oxygen atoms in total. The second-order valence-corrected chi connectivity index (χ2v) is 14.7. The molecule has 3 amide bonds. The molecular formula is C36H42N8O3S2. The normalized spacial score (nSPS) is 16.1. The topological polar surface area (TPSA) is 121 Å². The minimum Gasteiger partial charge on any atom is -0.352 e. The molecule has 4 N–H and O–H groups in total. The molecule has 0 aliphatic carbocycles. The van der Waals surface area contributed by atoms with Crippen LogP contribution in [0.3, 0.4) is 0 Å². The van der Waals surface area contributed by atoms with Gasteiger partial charge >= 0.3 is 0 Å². The maximum absolute atomic E-state index is 11.9. The predicted octanol–water partition coefficient (Wildman–Crippen LogP) is 6.16. The van der Waals surface area contributed by atoms with E-state index in [1.165, 1.54) is 4.88 Å². The van der Waals surface area contributed by atoms with Gasteiger partial charge < -0.3 is 36.0 Å². The number of hydrogen-bond donors (Lipinski definition) is 4. The zero-order chi connectivity index (χ0) is 34.5. The zero-order valence-electron chi connectivity index (χ0n) is 28.3. The molecule has 256 valence electrons. The van der Waals surface area contributed by atoms with Crippen LogP contribution >= 0.6 is 22.7 Å². The van der Waals surface area contributed by atoms with E-state index >= 15 is 0 Å². The summed E-state index contributed by atoms with van der Waals surface area (Å²) in [5.74, 6) is 1.31. The number of para-hydroxylation sites is 4. The molecule has 2 aromatic carbocycles. The summed E-state index contributed by atoms with van der Waals surface area (Å²) in [6, 6.07) is 20.0. The van der Waals surface area contributed by atoms with Crippen LogP contribution in [0.2, 0.25) is 0 Å². The van der Waals surface area contributed by atoms with Crippen LogP contribution < -0.4 is 21.3 Å². The molecule has 2 saturated heterocycles. The molecule has 0 saturated carbocycles. The Labute approximate surface area is 295 Å². The number of aliphatic imine (C=N–C) groups is 1. The van der Waals surface area contributed by atoms with E-state index in [-0.39, 0.29) is 17.7 Å². The van der Waals surface area contributed by atoms with Crippen LogP contribution in [0.4, 0.5) is 32.8 Å². The Kier molecular flexibility index (Phi) is 10.6. The third-order valence-electron chi connectivity index (χ3n) is 8.59. The lowest BCUT2D eigenvalue weighted by Gasteiger charge is -2.36. The lowest BCUT2D eigenvalue weighted by molar-refractivity contribution is -0.130. The van der Waals surface area contributed by atoms with Gasteiger partial charge in [0.25, 0.3) is 5.91 Å². The van der Waals surface area contributed by atoms with Crippen LogP contribution in [-0.2, 0) is 9.59 Å². The molecule has 13 heteroatoms. The lowest BCUT2D eigenvalue weighted by atomic mass is 10.2. The Hall–Kier alpha value is -4.72. The highest BCUT2D eigenvalue weighted by atomic mass is 32.1. The molecule has 4 aromatic rings. The van der Waals surface area contributed by atoms with Gasteiger partial charge in [-0.25, -0.2) is 4.99 Å². The minimum atomic E-state index is -0.0446. The summed E-state index contributed by atoms with van der Waals surface area (Å²) in [6.45, 7) is 14.1. The van der Waals surface area contributed by atoms with Crippen molar-refractivity contribution in [1.29, 1.82) is 0 Å². The quantitative estimate of drug-likeness (QED) is 0.174. The molecule has 6 heterocycles. The van der Waals surface area contributed by atoms with Gasteiger partial charge in [0.15, 0.2) is 0 Å². The van der Waals surface area contributed by atoms with E-state index < -0.39 is 0 Å². The Morgan fingerprint density at radius 2 is 1.18 bits per heavy atom. The monoisotopic (exact) mass is 698 g/mol. The van der Waals surface area contributed by atoms with E-state index in [0.717, 1.165) is 107 Å². The summed E-state index contributed by atoms with van der Waals surface area (Å²) in [5, 5.41) is 15.0. The van der Waals surface area contributed by atoms with Crippen LogP contribution in [0.15, 0.2) is 65.7 Å². The molecule has 0 unspecified atom stereocenters. The van der Waals surface area contributed by atoms with E-state index in [1.54, 1.807) is 36.5 Å². The van der Waals surface area contributed by atoms with Gasteiger partial charge in [-0.1, -0.05) is 24.3 Å². The van der Waals surface area contributed by atoms with Gasteiger partial charge in [-0.05, 0) is 50.2 Å². The van der Waals surface area contributed by atoms with Crippen LogP contribution in [-0.4, -0.2) is 90.6 Å². The first-order valence-corrected chi connectivity index (χ1v) is 18.1. The fourth-order valence-corrected chi connectivity index (χ4v) is 7.83. The summed E-state index contributed by atoms with van der Waals surface area (Å²) < 4.78 is 0. The van der Waals surface area contributed by atoms with Crippen molar-refractivity contribution in [2.75, 3.05) is 68.3 Å². The number of benzene rings is 2. The Bertz CT molecular complexity index is 1870. The average molecular weight is 699 g/mol. The van der Waals surface area contributed by atoms with Gasteiger partial charge in [-0.3, -0.25) is 14.4 Å². The number of piperazine rings is 2. The largest absolute Gasteiger partial charge is 0.352 e. The van der Waals surface area contributed by atoms with E-state index in [0.29, 0.717) is 0 Å². The van der Waals surface area contributed by atoms with Crippen molar-refractivity contribution < 1.29 is 14.4 Å². The number of nitrogens with one attached hydrogen (secondary N) is 4. The number of hydrogen-bond acceptors (Lipinski definition) is 10. The first kappa shape index (κ1) is 34.2. The number of nitrogens with zero attached hydrogens (tertiary/aromatic N) is 4. The molecular weight excluding hydrogens is 657 g/mol. The van der Waals surface area contributed by atoms with Crippen LogP contribution in [0.25, 0.3) is 0 Å². The lowest BCUT2D eigenvalue weighted by Crippen LogP contribution is -2.50. The molecule has 0 radical (unpaired) electrons. The van der Waals surface area contributed by atoms with Crippen molar-refractivity contribution in [2.45, 2.75) is 27.7 Å². The van der Waals surface area contributed by atoms with Crippen molar-refractivity contribution in [3.63, 3.8) is 0 Å². The fraction of sp³-hybridized carbons (Fsp3) is 0.333. The number of carbonyl (C=O) groups is 3. The highest BCUT2D eigenvalue weighted by Crippen LogP contribution is 2.39. The highest BCUT2D eigenvalue weighted by Gasteiger charge is 2.27. The van der Waals surface area contributed by atoms with Crippen molar-refractivity contribution in [3.05, 3.63) is 81.5 Å². The standard InChI is InChI=1S/C18H20N4OS.C12H10N2OS.C6H12N2O/c1-12-11-14-17(22-9-7-21(8-10-22)13(2)23)19-15-5-3-4-6-16(15)20-18(14)24-12;1-7-6-8-11(15)13-9-4-2-3-5-10(9)14-12(8)16-7;1-6(9)8-4-2-7-3-5-8/h3-6,11,20H,7-10H2,1-2H3;2-6,14H,1H3,(H,13,15);7H,2-5H2,1H3. The van der Waals surface area contributed by atoms with Crippen molar-refractivity contribution in [1.82, 2.24) is 20.0 Å². The van der Waals surface area contributed by atoms with Crippen LogP contribution in [0.1, 0.15) is 39.5 Å². The fourth-order valence-electron chi connectivity index (χ4n) is 5.99. The first-order chi connectivity index (χ1) is 23.7. The van der Waals surface area contributed by atoms with E-state index in [9.17, 15) is 14.4 Å². The van der Waals surface area contributed by atoms with Gasteiger partial charge in [0.1, 0.15) is 15.8 Å². The Balaban J connectivity index is 0.000000143. The Morgan fingerprint density at radius 1 is 0.673 bits per heavy atom. The number of anilines is 5. The highest BCUT2D eigenvalue weighted by molar-refractivity contribution is 7.17. The minimum absolute atomic E-state index is 0.0446. The Morgan fingerprint density at radius 3 is 1.80 bits per heavy atom. The second kappa shape index (κ2) is 15.2. The van der Waals surface area contributed by atoms with E-state index in [1.807, 2.05) is 65.3 Å². The molecule has 8 rings (SSSR count). The SMILES string of the molecule is CC(=O)N1CCN(C2=Nc3ccccc3Nc3sc(C)cc32)CC1.CC(=O)N1CCNCC1.Cc1cc2c(s1)Nc1ccccc1NC2=O. The molecule has 0 bridgehead atoms. The van der Waals surface area contributed by atoms with Gasteiger partial charge in [0.05, 0.1) is 33.9 Å². The maximum atomic E-state index is 11.9. The first-order valence-electron chi connectivity index (χ1n) is 16.5. The smallest absolute Gasteiger partial charge is 0.258 e. The number of amidine groups is 1. The van der Waals surface area contributed by atoms with Crippen LogP contribution in [0, 0.1) is 13.8 Å². The molecule has 4 aliphatic rings.